The minimum absolute atomic E-state index is 0.0574. The van der Waals surface area contributed by atoms with Crippen LogP contribution in [-0.2, 0) is 44.7 Å². The number of rotatable bonds is 25. The lowest BCUT2D eigenvalue weighted by molar-refractivity contribution is -0.139. The van der Waals surface area contributed by atoms with Crippen molar-refractivity contribution in [3.8, 4) is 28.0 Å². The summed E-state index contributed by atoms with van der Waals surface area (Å²) in [5.74, 6) is -0.0854. The van der Waals surface area contributed by atoms with Crippen LogP contribution in [0.5, 0.6) is 5.75 Å². The second-order valence-electron chi connectivity index (χ2n) is 17.0. The molecule has 0 heterocycles. The van der Waals surface area contributed by atoms with Crippen molar-refractivity contribution in [2.75, 3.05) is 33.0 Å². The van der Waals surface area contributed by atoms with Gasteiger partial charge in [0.25, 0.3) is 0 Å². The van der Waals surface area contributed by atoms with Gasteiger partial charge in [-0.3, -0.25) is 0 Å². The van der Waals surface area contributed by atoms with Gasteiger partial charge in [-0.1, -0.05) is 103 Å². The van der Waals surface area contributed by atoms with Crippen molar-refractivity contribution in [3.05, 3.63) is 101 Å². The zero-order valence-corrected chi connectivity index (χ0v) is 36.1. The number of hydrogen-bond donors (Lipinski definition) is 2. The van der Waals surface area contributed by atoms with E-state index >= 15 is 0 Å². The van der Waals surface area contributed by atoms with E-state index in [1.165, 1.54) is 41.5 Å². The molecule has 57 heavy (non-hydrogen) atoms. The Bertz CT molecular complexity index is 1700. The predicted octanol–water partition coefficient (Wildman–Crippen LogP) is 11.0. The van der Waals surface area contributed by atoms with Crippen LogP contribution >= 0.6 is 0 Å². The van der Waals surface area contributed by atoms with Gasteiger partial charge < -0.3 is 24.4 Å². The number of ether oxygens (including phenoxy) is 3. The lowest BCUT2D eigenvalue weighted by Crippen LogP contribution is -2.33. The molecule has 0 atom stereocenters. The second kappa shape index (κ2) is 23.3. The van der Waals surface area contributed by atoms with Gasteiger partial charge in [0.05, 0.1) is 33.0 Å². The SMILES string of the molecule is C=C(C)C(=O)OCCCc1cc(-c2ccc(-c3ccc(CCCCC)cc3)cc2CC)cc(CCCOC(=O)C(=C)C)c1OCCC(CO)(CO)CCC(C)(C)C. The minimum Gasteiger partial charge on any atom is -0.493 e. The number of carbonyl (C=O) groups is 2. The van der Waals surface area contributed by atoms with E-state index in [1.807, 2.05) is 0 Å². The first-order chi connectivity index (χ1) is 27.2. The molecule has 0 spiro atoms. The molecule has 312 valence electrons. The van der Waals surface area contributed by atoms with Gasteiger partial charge in [-0.15, -0.1) is 0 Å². The molecule has 0 saturated heterocycles. The molecular weight excluding hydrogens is 713 g/mol. The molecule has 0 unspecified atom stereocenters. The Balaban J connectivity index is 2.05. The molecule has 0 fully saturated rings. The molecule has 0 radical (unpaired) electrons. The fraction of sp³-hybridized carbons (Fsp3) is 0.520. The first kappa shape index (κ1) is 47.2. The Morgan fingerprint density at radius 3 is 1.67 bits per heavy atom. The maximum Gasteiger partial charge on any atom is 0.333 e. The van der Waals surface area contributed by atoms with Gasteiger partial charge >= 0.3 is 11.9 Å². The molecular formula is C50H70O7. The maximum absolute atomic E-state index is 12.2. The van der Waals surface area contributed by atoms with Crippen LogP contribution in [0, 0.1) is 10.8 Å². The molecule has 0 aliphatic heterocycles. The molecule has 0 saturated carbocycles. The standard InChI is InChI=1S/C50H70O7/c1-10-12-13-16-38-19-21-40(22-20-38)41-23-24-45(39(11-2)31-41)44-32-42(17-14-28-56-47(53)36(3)4)46(43(33-44)18-15-29-57-48(54)37(5)6)55-30-27-50(34-51,35-52)26-25-49(7,8)9/h19-24,31-33,51-52H,3,5,10-18,25-30,34-35H2,1-2,4,6-9H3. The second-order valence-corrected chi connectivity index (χ2v) is 17.0. The number of unbranched alkanes of at least 4 members (excludes halogenated alkanes) is 2. The summed E-state index contributed by atoms with van der Waals surface area (Å²) < 4.78 is 17.6. The third-order valence-electron chi connectivity index (χ3n) is 10.7. The third-order valence-corrected chi connectivity index (χ3v) is 10.7. The fourth-order valence-corrected chi connectivity index (χ4v) is 6.86. The number of esters is 2. The van der Waals surface area contributed by atoms with Crippen LogP contribution in [0.1, 0.15) is 122 Å². The summed E-state index contributed by atoms with van der Waals surface area (Å²) in [6.45, 7) is 22.1. The molecule has 7 heteroatoms. The monoisotopic (exact) mass is 783 g/mol. The number of aliphatic hydroxyl groups excluding tert-OH is 2. The summed E-state index contributed by atoms with van der Waals surface area (Å²) in [4.78, 5) is 24.4. The molecule has 3 rings (SSSR count). The Morgan fingerprint density at radius 2 is 1.18 bits per heavy atom. The van der Waals surface area contributed by atoms with E-state index in [-0.39, 0.29) is 31.8 Å². The zero-order chi connectivity index (χ0) is 42.0. The molecule has 0 aromatic heterocycles. The first-order valence-electron chi connectivity index (χ1n) is 21.0. The summed E-state index contributed by atoms with van der Waals surface area (Å²) >= 11 is 0. The molecule has 0 aliphatic rings. The van der Waals surface area contributed by atoms with Crippen LogP contribution < -0.4 is 4.74 Å². The third kappa shape index (κ3) is 15.2. The number of aliphatic hydroxyl groups is 2. The molecule has 2 N–H and O–H groups in total. The van der Waals surface area contributed by atoms with E-state index < -0.39 is 17.4 Å². The van der Waals surface area contributed by atoms with Gasteiger partial charge in [-0.25, -0.2) is 9.59 Å². The van der Waals surface area contributed by atoms with E-state index in [0.29, 0.717) is 56.3 Å². The van der Waals surface area contributed by atoms with Crippen LogP contribution in [-0.4, -0.2) is 55.2 Å². The van der Waals surface area contributed by atoms with Crippen molar-refractivity contribution in [1.29, 1.82) is 0 Å². The Hall–Kier alpha value is -4.20. The van der Waals surface area contributed by atoms with E-state index in [2.05, 4.69) is 102 Å². The number of benzene rings is 3. The van der Waals surface area contributed by atoms with Crippen LogP contribution in [0.15, 0.2) is 78.9 Å². The average molecular weight is 783 g/mol. The smallest absolute Gasteiger partial charge is 0.333 e. The van der Waals surface area contributed by atoms with Gasteiger partial charge in [0, 0.05) is 16.6 Å². The Morgan fingerprint density at radius 1 is 0.632 bits per heavy atom. The van der Waals surface area contributed by atoms with E-state index in [0.717, 1.165) is 47.3 Å². The first-order valence-corrected chi connectivity index (χ1v) is 21.0. The predicted molar refractivity (Wildman–Crippen MR) is 234 cm³/mol. The highest BCUT2D eigenvalue weighted by Gasteiger charge is 2.31. The molecule has 0 amide bonds. The van der Waals surface area contributed by atoms with Crippen molar-refractivity contribution in [2.24, 2.45) is 10.8 Å². The summed E-state index contributed by atoms with van der Waals surface area (Å²) in [7, 11) is 0. The fourth-order valence-electron chi connectivity index (χ4n) is 6.86. The number of carbonyl (C=O) groups excluding carboxylic acids is 2. The van der Waals surface area contributed by atoms with E-state index in [1.54, 1.807) is 13.8 Å². The highest BCUT2D eigenvalue weighted by Crippen LogP contribution is 2.38. The summed E-state index contributed by atoms with van der Waals surface area (Å²) in [5, 5.41) is 21.0. The molecule has 3 aromatic carbocycles. The van der Waals surface area contributed by atoms with Crippen molar-refractivity contribution in [3.63, 3.8) is 0 Å². The highest BCUT2D eigenvalue weighted by molar-refractivity contribution is 5.87. The van der Waals surface area contributed by atoms with Crippen LogP contribution in [0.3, 0.4) is 0 Å². The van der Waals surface area contributed by atoms with Gasteiger partial charge in [0.15, 0.2) is 0 Å². The highest BCUT2D eigenvalue weighted by atomic mass is 16.5. The van der Waals surface area contributed by atoms with Gasteiger partial charge in [0.2, 0.25) is 0 Å². The minimum atomic E-state index is -0.672. The van der Waals surface area contributed by atoms with Crippen molar-refractivity contribution in [1.82, 2.24) is 0 Å². The Labute approximate surface area is 343 Å². The lowest BCUT2D eigenvalue weighted by atomic mass is 9.76. The van der Waals surface area contributed by atoms with E-state index in [4.69, 9.17) is 14.2 Å². The van der Waals surface area contributed by atoms with Crippen molar-refractivity contribution in [2.45, 2.75) is 126 Å². The summed E-state index contributed by atoms with van der Waals surface area (Å²) in [5.41, 5.74) is 9.22. The largest absolute Gasteiger partial charge is 0.493 e. The lowest BCUT2D eigenvalue weighted by Gasteiger charge is -2.33. The zero-order valence-electron chi connectivity index (χ0n) is 36.1. The topological polar surface area (TPSA) is 102 Å². The van der Waals surface area contributed by atoms with Crippen molar-refractivity contribution >= 4 is 11.9 Å². The van der Waals surface area contributed by atoms with E-state index in [9.17, 15) is 19.8 Å². The van der Waals surface area contributed by atoms with Crippen LogP contribution in [0.2, 0.25) is 0 Å². The Kier molecular flexibility index (Phi) is 19.3. The van der Waals surface area contributed by atoms with Crippen LogP contribution in [0.25, 0.3) is 22.3 Å². The maximum atomic E-state index is 12.2. The van der Waals surface area contributed by atoms with Crippen molar-refractivity contribution < 1.29 is 34.0 Å². The molecule has 7 nitrogen and oxygen atoms in total. The van der Waals surface area contributed by atoms with Gasteiger partial charge in [0.1, 0.15) is 5.75 Å². The normalized spacial score (nSPS) is 11.7. The summed E-state index contributed by atoms with van der Waals surface area (Å²) in [6.07, 6.45) is 9.94. The summed E-state index contributed by atoms with van der Waals surface area (Å²) in [6, 6.07) is 20.0. The quantitative estimate of drug-likeness (QED) is 0.0501. The average Bonchev–Trinajstić information content (AvgIpc) is 3.19. The molecule has 3 aromatic rings. The molecule has 0 bridgehead atoms. The van der Waals surface area contributed by atoms with Crippen LogP contribution in [0.4, 0.5) is 0 Å². The number of aryl methyl sites for hydroxylation is 4. The molecule has 0 aliphatic carbocycles. The van der Waals surface area contributed by atoms with Gasteiger partial charge in [-0.2, -0.15) is 0 Å². The number of hydrogen-bond acceptors (Lipinski definition) is 7. The van der Waals surface area contributed by atoms with Gasteiger partial charge in [-0.05, 0) is 140 Å².